The Morgan fingerprint density at radius 3 is 2.43 bits per heavy atom. The van der Waals surface area contributed by atoms with Crippen LogP contribution in [0.25, 0.3) is 0 Å². The summed E-state index contributed by atoms with van der Waals surface area (Å²) in [6.07, 6.45) is 2.57. The first-order valence-corrected chi connectivity index (χ1v) is 7.74. The monoisotopic (exact) mass is 317 g/mol. The fourth-order valence-corrected chi connectivity index (χ4v) is 4.12. The molecule has 1 aromatic carbocycles. The lowest BCUT2D eigenvalue weighted by molar-refractivity contribution is -0.148. The van der Waals surface area contributed by atoms with Gasteiger partial charge in [0.25, 0.3) is 0 Å². The summed E-state index contributed by atoms with van der Waals surface area (Å²) < 4.78 is 4.71. The normalized spacial score (nSPS) is 28.4. The number of para-hydroxylation sites is 1. The molecule has 0 unspecified atom stereocenters. The Morgan fingerprint density at radius 2 is 1.78 bits per heavy atom. The molecular formula is C17H19NO5. The standard InChI is InChI=1S/C17H19NO5/c1-23-17(22)11-4-2-3-5-12(11)18-15(19)13-9-6-7-10(8-9)14(13)16(20)21/h2-5,9-10,13-14H,6-8H2,1H3,(H,18,19)(H,20,21)/t9-,10-,13-,14-/m0/s1. The molecule has 2 aliphatic rings. The van der Waals surface area contributed by atoms with Crippen molar-refractivity contribution in [3.05, 3.63) is 29.8 Å². The van der Waals surface area contributed by atoms with Crippen LogP contribution in [-0.4, -0.2) is 30.1 Å². The number of amides is 1. The number of methoxy groups -OCH3 is 1. The predicted octanol–water partition coefficient (Wildman–Crippen LogP) is 2.16. The van der Waals surface area contributed by atoms with Crippen molar-refractivity contribution in [1.82, 2.24) is 0 Å². The maximum Gasteiger partial charge on any atom is 0.339 e. The van der Waals surface area contributed by atoms with Gasteiger partial charge < -0.3 is 15.2 Å². The number of nitrogens with one attached hydrogen (secondary N) is 1. The van der Waals surface area contributed by atoms with Gasteiger partial charge in [-0.3, -0.25) is 9.59 Å². The number of fused-ring (bicyclic) bond motifs is 2. The molecule has 1 aromatic rings. The number of carbonyl (C=O) groups is 3. The van der Waals surface area contributed by atoms with E-state index in [1.54, 1.807) is 24.3 Å². The van der Waals surface area contributed by atoms with Crippen molar-refractivity contribution in [2.24, 2.45) is 23.7 Å². The van der Waals surface area contributed by atoms with Gasteiger partial charge in [0.2, 0.25) is 5.91 Å². The third-order valence-corrected chi connectivity index (χ3v) is 5.09. The van der Waals surface area contributed by atoms with Crippen molar-refractivity contribution in [3.8, 4) is 0 Å². The van der Waals surface area contributed by atoms with Gasteiger partial charge in [0.05, 0.1) is 30.2 Å². The Morgan fingerprint density at radius 1 is 1.13 bits per heavy atom. The zero-order chi connectivity index (χ0) is 16.6. The Kier molecular flexibility index (Phi) is 4.07. The molecule has 23 heavy (non-hydrogen) atoms. The van der Waals surface area contributed by atoms with E-state index in [1.165, 1.54) is 7.11 Å². The highest BCUT2D eigenvalue weighted by Crippen LogP contribution is 2.52. The minimum Gasteiger partial charge on any atom is -0.481 e. The van der Waals surface area contributed by atoms with E-state index in [4.69, 9.17) is 4.74 Å². The third-order valence-electron chi connectivity index (χ3n) is 5.09. The van der Waals surface area contributed by atoms with Crippen LogP contribution in [0.3, 0.4) is 0 Å². The summed E-state index contributed by atoms with van der Waals surface area (Å²) in [6, 6.07) is 6.57. The molecule has 0 aliphatic heterocycles. The molecule has 6 heteroatoms. The predicted molar refractivity (Wildman–Crippen MR) is 81.9 cm³/mol. The number of esters is 1. The van der Waals surface area contributed by atoms with Crippen molar-refractivity contribution in [3.63, 3.8) is 0 Å². The molecule has 2 saturated carbocycles. The van der Waals surface area contributed by atoms with Crippen molar-refractivity contribution >= 4 is 23.5 Å². The number of ether oxygens (including phenoxy) is 1. The molecule has 0 spiro atoms. The summed E-state index contributed by atoms with van der Waals surface area (Å²) in [5, 5.41) is 12.2. The van der Waals surface area contributed by atoms with Crippen molar-refractivity contribution < 1.29 is 24.2 Å². The number of hydrogen-bond donors (Lipinski definition) is 2. The highest BCUT2D eigenvalue weighted by Gasteiger charge is 2.54. The Hall–Kier alpha value is -2.37. The summed E-state index contributed by atoms with van der Waals surface area (Å²) in [5.74, 6) is -2.71. The van der Waals surface area contributed by atoms with Crippen LogP contribution >= 0.6 is 0 Å². The first-order valence-electron chi connectivity index (χ1n) is 7.74. The molecule has 2 aliphatic carbocycles. The summed E-state index contributed by atoms with van der Waals surface area (Å²) in [6.45, 7) is 0. The zero-order valence-corrected chi connectivity index (χ0v) is 12.8. The van der Waals surface area contributed by atoms with Gasteiger partial charge >= 0.3 is 11.9 Å². The number of aliphatic carboxylic acids is 1. The molecule has 2 N–H and O–H groups in total. The average Bonchev–Trinajstić information content (AvgIpc) is 3.15. The van der Waals surface area contributed by atoms with Crippen LogP contribution in [0.4, 0.5) is 5.69 Å². The molecule has 2 bridgehead atoms. The summed E-state index contributed by atoms with van der Waals surface area (Å²) in [4.78, 5) is 36.0. The second kappa shape index (κ2) is 6.02. The average molecular weight is 317 g/mol. The smallest absolute Gasteiger partial charge is 0.339 e. The third kappa shape index (κ3) is 2.69. The SMILES string of the molecule is COC(=O)c1ccccc1NC(=O)[C@H]1[C@H]2CC[C@@H](C2)[C@@H]1C(=O)O. The van der Waals surface area contributed by atoms with Crippen LogP contribution in [0.2, 0.25) is 0 Å². The Labute approximate surface area is 133 Å². The largest absolute Gasteiger partial charge is 0.481 e. The van der Waals surface area contributed by atoms with Gasteiger partial charge in [0.15, 0.2) is 0 Å². The molecular weight excluding hydrogens is 298 g/mol. The molecule has 0 saturated heterocycles. The van der Waals surface area contributed by atoms with Crippen LogP contribution in [-0.2, 0) is 14.3 Å². The first kappa shape index (κ1) is 15.5. The van der Waals surface area contributed by atoms with Crippen LogP contribution in [0.1, 0.15) is 29.6 Å². The number of carbonyl (C=O) groups excluding carboxylic acids is 2. The molecule has 3 rings (SSSR count). The van der Waals surface area contributed by atoms with Crippen LogP contribution in [0.15, 0.2) is 24.3 Å². The van der Waals surface area contributed by atoms with Gasteiger partial charge in [-0.1, -0.05) is 12.1 Å². The molecule has 2 fully saturated rings. The topological polar surface area (TPSA) is 92.7 Å². The number of hydrogen-bond acceptors (Lipinski definition) is 4. The Balaban J connectivity index is 1.82. The fraction of sp³-hybridized carbons (Fsp3) is 0.471. The number of carboxylic acid groups (broad SMARTS) is 1. The zero-order valence-electron chi connectivity index (χ0n) is 12.8. The summed E-state index contributed by atoms with van der Waals surface area (Å²) in [7, 11) is 1.28. The lowest BCUT2D eigenvalue weighted by Gasteiger charge is -2.27. The van der Waals surface area contributed by atoms with Crippen LogP contribution in [0, 0.1) is 23.7 Å². The lowest BCUT2D eigenvalue weighted by atomic mass is 9.78. The van der Waals surface area contributed by atoms with Gasteiger partial charge in [-0.05, 0) is 43.2 Å². The number of anilines is 1. The number of benzene rings is 1. The number of carboxylic acids is 1. The van der Waals surface area contributed by atoms with E-state index >= 15 is 0 Å². The highest BCUT2D eigenvalue weighted by atomic mass is 16.5. The second-order valence-corrected chi connectivity index (χ2v) is 6.25. The van der Waals surface area contributed by atoms with Gasteiger partial charge in [-0.15, -0.1) is 0 Å². The van der Waals surface area contributed by atoms with E-state index in [1.807, 2.05) is 0 Å². The van der Waals surface area contributed by atoms with E-state index in [9.17, 15) is 19.5 Å². The lowest BCUT2D eigenvalue weighted by Crippen LogP contribution is -2.38. The van der Waals surface area contributed by atoms with Gasteiger partial charge in [0, 0.05) is 0 Å². The molecule has 0 aromatic heterocycles. The minimum atomic E-state index is -0.904. The summed E-state index contributed by atoms with van der Waals surface area (Å²) in [5.41, 5.74) is 0.620. The fourth-order valence-electron chi connectivity index (χ4n) is 4.12. The quantitative estimate of drug-likeness (QED) is 0.830. The van der Waals surface area contributed by atoms with E-state index < -0.39 is 23.8 Å². The maximum atomic E-state index is 12.7. The summed E-state index contributed by atoms with van der Waals surface area (Å²) >= 11 is 0. The van der Waals surface area contributed by atoms with Crippen molar-refractivity contribution in [1.29, 1.82) is 0 Å². The van der Waals surface area contributed by atoms with Crippen molar-refractivity contribution in [2.45, 2.75) is 19.3 Å². The molecule has 6 nitrogen and oxygen atoms in total. The van der Waals surface area contributed by atoms with Gasteiger partial charge in [-0.25, -0.2) is 4.79 Å². The maximum absolute atomic E-state index is 12.7. The van der Waals surface area contributed by atoms with Crippen molar-refractivity contribution in [2.75, 3.05) is 12.4 Å². The second-order valence-electron chi connectivity index (χ2n) is 6.25. The van der Waals surface area contributed by atoms with E-state index in [0.29, 0.717) is 5.69 Å². The molecule has 122 valence electrons. The van der Waals surface area contributed by atoms with Crippen LogP contribution < -0.4 is 5.32 Å². The molecule has 1 amide bonds. The highest BCUT2D eigenvalue weighted by molar-refractivity contribution is 6.02. The number of rotatable bonds is 4. The van der Waals surface area contributed by atoms with Gasteiger partial charge in [0.1, 0.15) is 0 Å². The molecule has 0 radical (unpaired) electrons. The van der Waals surface area contributed by atoms with Crippen LogP contribution in [0.5, 0.6) is 0 Å². The van der Waals surface area contributed by atoms with E-state index in [0.717, 1.165) is 19.3 Å². The molecule has 0 heterocycles. The molecule has 4 atom stereocenters. The van der Waals surface area contributed by atoms with E-state index in [-0.39, 0.29) is 23.3 Å². The first-order chi connectivity index (χ1) is 11.0. The van der Waals surface area contributed by atoms with Gasteiger partial charge in [-0.2, -0.15) is 0 Å². The minimum absolute atomic E-state index is 0.0871. The van der Waals surface area contributed by atoms with E-state index in [2.05, 4.69) is 5.32 Å². The Bertz CT molecular complexity index is 656.